The molecular formula is C25H38N4O3. The molecule has 3 amide bonds. The van der Waals surface area contributed by atoms with E-state index in [0.29, 0.717) is 13.0 Å². The van der Waals surface area contributed by atoms with Crippen LogP contribution in [0.3, 0.4) is 0 Å². The Labute approximate surface area is 192 Å². The van der Waals surface area contributed by atoms with E-state index in [0.717, 1.165) is 25.7 Å². The molecule has 1 aromatic rings. The van der Waals surface area contributed by atoms with E-state index in [9.17, 15) is 14.4 Å². The summed E-state index contributed by atoms with van der Waals surface area (Å²) in [5.41, 5.74) is 0.268. The molecule has 3 rings (SSSR count). The van der Waals surface area contributed by atoms with E-state index in [-0.39, 0.29) is 35.2 Å². The molecule has 32 heavy (non-hydrogen) atoms. The molecule has 1 N–H and O–H groups in total. The van der Waals surface area contributed by atoms with Crippen molar-refractivity contribution in [1.82, 2.24) is 20.0 Å². The van der Waals surface area contributed by atoms with Gasteiger partial charge >= 0.3 is 0 Å². The van der Waals surface area contributed by atoms with Crippen molar-refractivity contribution in [2.24, 2.45) is 5.41 Å². The van der Waals surface area contributed by atoms with Gasteiger partial charge in [-0.05, 0) is 64.6 Å². The SMILES string of the molecule is CNC(=O)C(C)(C)N(C)C(=O)CN1C[C@]2(CC[C@](c3ccccc3)(N(C)C)CC2)CC1=O. The number of carbonyl (C=O) groups is 3. The van der Waals surface area contributed by atoms with Crippen LogP contribution < -0.4 is 5.32 Å². The fourth-order valence-electron chi connectivity index (χ4n) is 5.44. The second-order valence-electron chi connectivity index (χ2n) is 10.3. The Morgan fingerprint density at radius 3 is 2.19 bits per heavy atom. The number of hydrogen-bond acceptors (Lipinski definition) is 4. The molecule has 2 fully saturated rings. The number of benzene rings is 1. The van der Waals surface area contributed by atoms with Gasteiger partial charge in [-0.3, -0.25) is 19.3 Å². The van der Waals surface area contributed by atoms with Gasteiger partial charge in [0, 0.05) is 32.6 Å². The molecule has 1 aliphatic carbocycles. The topological polar surface area (TPSA) is 73.0 Å². The zero-order valence-electron chi connectivity index (χ0n) is 20.4. The summed E-state index contributed by atoms with van der Waals surface area (Å²) in [5.74, 6) is -0.404. The Morgan fingerprint density at radius 2 is 1.66 bits per heavy atom. The van der Waals surface area contributed by atoms with E-state index in [1.165, 1.54) is 10.5 Å². The van der Waals surface area contributed by atoms with Gasteiger partial charge in [-0.15, -0.1) is 0 Å². The molecule has 2 aliphatic rings. The summed E-state index contributed by atoms with van der Waals surface area (Å²) < 4.78 is 0. The van der Waals surface area contributed by atoms with Gasteiger partial charge < -0.3 is 15.1 Å². The smallest absolute Gasteiger partial charge is 0.245 e. The molecule has 0 unspecified atom stereocenters. The number of likely N-dealkylation sites (N-methyl/N-ethyl adjacent to an activating group) is 2. The molecule has 1 saturated carbocycles. The van der Waals surface area contributed by atoms with Crippen molar-refractivity contribution < 1.29 is 14.4 Å². The Bertz CT molecular complexity index is 857. The fraction of sp³-hybridized carbons (Fsp3) is 0.640. The van der Waals surface area contributed by atoms with Gasteiger partial charge in [-0.25, -0.2) is 0 Å². The Morgan fingerprint density at radius 1 is 1.06 bits per heavy atom. The van der Waals surface area contributed by atoms with Crippen LogP contribution in [0, 0.1) is 5.41 Å². The number of nitrogens with one attached hydrogen (secondary N) is 1. The first-order valence-corrected chi connectivity index (χ1v) is 11.5. The lowest BCUT2D eigenvalue weighted by Crippen LogP contribution is -2.56. The van der Waals surface area contributed by atoms with Crippen LogP contribution in [-0.4, -0.2) is 79.2 Å². The Kier molecular flexibility index (Phi) is 6.70. The van der Waals surface area contributed by atoms with Gasteiger partial charge in [0.15, 0.2) is 0 Å². The standard InChI is InChI=1S/C25H38N4O3/c1-23(2,22(32)26-3)28(6)21(31)17-29-18-24(16-20(29)30)12-14-25(15-13-24,27(4)5)19-10-8-7-9-11-19/h7-11H,12-18H2,1-6H3,(H,26,32)/t24-,25-. The molecule has 7 heteroatoms. The molecule has 176 valence electrons. The minimum absolute atomic E-state index is 0.0173. The number of rotatable bonds is 6. The van der Waals surface area contributed by atoms with Crippen molar-refractivity contribution in [3.05, 3.63) is 35.9 Å². The molecule has 0 bridgehead atoms. The highest BCUT2D eigenvalue weighted by atomic mass is 16.2. The van der Waals surface area contributed by atoms with E-state index in [4.69, 9.17) is 0 Å². The first kappa shape index (κ1) is 24.2. The van der Waals surface area contributed by atoms with Crippen molar-refractivity contribution in [2.75, 3.05) is 41.3 Å². The maximum atomic E-state index is 12.9. The van der Waals surface area contributed by atoms with Crippen molar-refractivity contribution in [1.29, 1.82) is 0 Å². The maximum absolute atomic E-state index is 12.9. The highest BCUT2D eigenvalue weighted by Crippen LogP contribution is 2.52. The number of nitrogens with zero attached hydrogens (tertiary/aromatic N) is 3. The third-order valence-corrected chi connectivity index (χ3v) is 8.03. The number of hydrogen-bond donors (Lipinski definition) is 1. The van der Waals surface area contributed by atoms with Gasteiger partial charge in [0.1, 0.15) is 5.54 Å². The predicted molar refractivity (Wildman–Crippen MR) is 125 cm³/mol. The lowest BCUT2D eigenvalue weighted by molar-refractivity contribution is -0.146. The van der Waals surface area contributed by atoms with Crippen molar-refractivity contribution in [3.63, 3.8) is 0 Å². The van der Waals surface area contributed by atoms with Gasteiger partial charge in [0.05, 0.1) is 6.54 Å². The number of likely N-dealkylation sites (tertiary alicyclic amines) is 1. The monoisotopic (exact) mass is 442 g/mol. The average molecular weight is 443 g/mol. The molecule has 1 aliphatic heterocycles. The predicted octanol–water partition coefficient (Wildman–Crippen LogP) is 2.22. The van der Waals surface area contributed by atoms with Crippen LogP contribution in [0.4, 0.5) is 0 Å². The number of amides is 3. The van der Waals surface area contributed by atoms with Crippen molar-refractivity contribution in [3.8, 4) is 0 Å². The molecule has 1 aromatic carbocycles. The van der Waals surface area contributed by atoms with Gasteiger partial charge in [0.2, 0.25) is 17.7 Å². The van der Waals surface area contributed by atoms with Crippen LogP contribution >= 0.6 is 0 Å². The van der Waals surface area contributed by atoms with Crippen LogP contribution in [0.5, 0.6) is 0 Å². The zero-order chi connectivity index (χ0) is 23.7. The highest BCUT2D eigenvalue weighted by molar-refractivity contribution is 5.92. The van der Waals surface area contributed by atoms with E-state index in [1.54, 1.807) is 32.8 Å². The Hall–Kier alpha value is -2.41. The molecule has 0 radical (unpaired) electrons. The summed E-state index contributed by atoms with van der Waals surface area (Å²) in [6.07, 6.45) is 4.39. The molecule has 0 atom stereocenters. The third-order valence-electron chi connectivity index (χ3n) is 8.03. The minimum atomic E-state index is -0.974. The van der Waals surface area contributed by atoms with Crippen LogP contribution in [0.2, 0.25) is 0 Å². The van der Waals surface area contributed by atoms with Crippen molar-refractivity contribution in [2.45, 2.75) is 57.0 Å². The van der Waals surface area contributed by atoms with Gasteiger partial charge in [0.25, 0.3) is 0 Å². The largest absolute Gasteiger partial charge is 0.357 e. The van der Waals surface area contributed by atoms with Gasteiger partial charge in [-0.1, -0.05) is 30.3 Å². The van der Waals surface area contributed by atoms with Crippen molar-refractivity contribution >= 4 is 17.7 Å². The number of carbonyl (C=O) groups excluding carboxylic acids is 3. The maximum Gasteiger partial charge on any atom is 0.245 e. The molecule has 1 saturated heterocycles. The normalized spacial score (nSPS) is 26.0. The van der Waals surface area contributed by atoms with Gasteiger partial charge in [-0.2, -0.15) is 0 Å². The van der Waals surface area contributed by atoms with Crippen LogP contribution in [-0.2, 0) is 19.9 Å². The van der Waals surface area contributed by atoms with Crippen LogP contribution in [0.15, 0.2) is 30.3 Å². The average Bonchev–Trinajstić information content (AvgIpc) is 3.07. The third kappa shape index (κ3) is 4.27. The summed E-state index contributed by atoms with van der Waals surface area (Å²) >= 11 is 0. The first-order valence-electron chi connectivity index (χ1n) is 11.5. The summed E-state index contributed by atoms with van der Waals surface area (Å²) in [7, 11) is 7.46. The Balaban J connectivity index is 1.68. The quantitative estimate of drug-likeness (QED) is 0.733. The van der Waals surface area contributed by atoms with E-state index < -0.39 is 5.54 Å². The van der Waals surface area contributed by atoms with Crippen LogP contribution in [0.25, 0.3) is 0 Å². The minimum Gasteiger partial charge on any atom is -0.357 e. The van der Waals surface area contributed by atoms with Crippen LogP contribution in [0.1, 0.15) is 51.5 Å². The summed E-state index contributed by atoms with van der Waals surface area (Å²) in [5, 5.41) is 2.60. The second kappa shape index (κ2) is 8.85. The van der Waals surface area contributed by atoms with E-state index in [2.05, 4.69) is 48.6 Å². The molecule has 7 nitrogen and oxygen atoms in total. The second-order valence-corrected chi connectivity index (χ2v) is 10.3. The highest BCUT2D eigenvalue weighted by Gasteiger charge is 2.50. The molecular weight excluding hydrogens is 404 g/mol. The molecule has 1 heterocycles. The van der Waals surface area contributed by atoms with E-state index in [1.807, 2.05) is 6.07 Å². The zero-order valence-corrected chi connectivity index (χ0v) is 20.4. The molecule has 1 spiro atoms. The summed E-state index contributed by atoms with van der Waals surface area (Å²) in [6, 6.07) is 10.6. The lowest BCUT2D eigenvalue weighted by atomic mass is 9.64. The van der Waals surface area contributed by atoms with E-state index >= 15 is 0 Å². The fourth-order valence-corrected chi connectivity index (χ4v) is 5.44. The molecule has 0 aromatic heterocycles. The lowest BCUT2D eigenvalue weighted by Gasteiger charge is -2.48. The summed E-state index contributed by atoms with van der Waals surface area (Å²) in [6.45, 7) is 4.06. The summed E-state index contributed by atoms with van der Waals surface area (Å²) in [4.78, 5) is 43.4. The first-order chi connectivity index (χ1) is 15.0.